The highest BCUT2D eigenvalue weighted by Crippen LogP contribution is 2.31. The number of amides is 1. The maximum Gasteiger partial charge on any atom is 0.227 e. The van der Waals surface area contributed by atoms with Crippen LogP contribution in [-0.2, 0) is 17.8 Å². The molecule has 0 spiro atoms. The van der Waals surface area contributed by atoms with Gasteiger partial charge in [-0.05, 0) is 48.2 Å². The SMILES string of the molecule is COc1cccc(COc2ccc(CC(=O)N3CCCC3c3ccon3)cc2)c1. The van der Waals surface area contributed by atoms with Gasteiger partial charge in [-0.15, -0.1) is 0 Å². The molecule has 1 fully saturated rings. The standard InChI is InChI=1S/C23H24N2O4/c1-27-20-5-2-4-18(14-20)16-28-19-9-7-17(8-10-19)15-23(26)25-12-3-6-22(25)21-11-13-29-24-21/h2,4-5,7-11,13-14,22H,3,6,12,15-16H2,1H3. The highest BCUT2D eigenvalue weighted by molar-refractivity contribution is 5.79. The maximum atomic E-state index is 12.8. The van der Waals surface area contributed by atoms with E-state index in [1.165, 1.54) is 0 Å². The van der Waals surface area contributed by atoms with Gasteiger partial charge in [0.25, 0.3) is 0 Å². The first-order valence-electron chi connectivity index (χ1n) is 9.77. The summed E-state index contributed by atoms with van der Waals surface area (Å²) in [5.74, 6) is 1.69. The van der Waals surface area contributed by atoms with E-state index in [-0.39, 0.29) is 11.9 Å². The molecule has 1 aliphatic rings. The molecule has 0 saturated carbocycles. The summed E-state index contributed by atoms with van der Waals surface area (Å²) in [6, 6.07) is 17.4. The number of nitrogens with zero attached hydrogens (tertiary/aromatic N) is 2. The molecule has 4 rings (SSSR count). The fraction of sp³-hybridized carbons (Fsp3) is 0.304. The van der Waals surface area contributed by atoms with Crippen LogP contribution >= 0.6 is 0 Å². The van der Waals surface area contributed by atoms with Gasteiger partial charge >= 0.3 is 0 Å². The minimum atomic E-state index is 0.0201. The van der Waals surface area contributed by atoms with Crippen molar-refractivity contribution in [3.8, 4) is 11.5 Å². The number of hydrogen-bond acceptors (Lipinski definition) is 5. The van der Waals surface area contributed by atoms with Gasteiger partial charge in [0, 0.05) is 12.6 Å². The largest absolute Gasteiger partial charge is 0.497 e. The summed E-state index contributed by atoms with van der Waals surface area (Å²) in [6.45, 7) is 1.22. The molecule has 1 saturated heterocycles. The second kappa shape index (κ2) is 8.82. The first-order chi connectivity index (χ1) is 14.2. The van der Waals surface area contributed by atoms with Crippen molar-refractivity contribution >= 4 is 5.91 Å². The van der Waals surface area contributed by atoms with E-state index in [0.29, 0.717) is 13.0 Å². The molecule has 0 bridgehead atoms. The normalized spacial score (nSPS) is 16.0. The van der Waals surface area contributed by atoms with E-state index >= 15 is 0 Å². The van der Waals surface area contributed by atoms with E-state index in [0.717, 1.165) is 47.7 Å². The van der Waals surface area contributed by atoms with Crippen molar-refractivity contribution in [1.82, 2.24) is 10.1 Å². The Labute approximate surface area is 170 Å². The van der Waals surface area contributed by atoms with Crippen LogP contribution < -0.4 is 9.47 Å². The first kappa shape index (κ1) is 19.1. The summed E-state index contributed by atoms with van der Waals surface area (Å²) < 4.78 is 16.0. The molecule has 0 radical (unpaired) electrons. The number of carbonyl (C=O) groups is 1. The smallest absolute Gasteiger partial charge is 0.227 e. The lowest BCUT2D eigenvalue weighted by atomic mass is 10.1. The van der Waals surface area contributed by atoms with E-state index in [9.17, 15) is 4.79 Å². The minimum Gasteiger partial charge on any atom is -0.497 e. The predicted molar refractivity (Wildman–Crippen MR) is 108 cm³/mol. The Bertz CT molecular complexity index is 938. The van der Waals surface area contributed by atoms with Crippen LogP contribution in [0.1, 0.15) is 35.7 Å². The molecule has 0 N–H and O–H groups in total. The Hall–Kier alpha value is -3.28. The van der Waals surface area contributed by atoms with E-state index in [1.54, 1.807) is 13.4 Å². The highest BCUT2D eigenvalue weighted by Gasteiger charge is 2.31. The fourth-order valence-electron chi connectivity index (χ4n) is 3.68. The van der Waals surface area contributed by atoms with Gasteiger partial charge in [0.2, 0.25) is 5.91 Å². The third-order valence-corrected chi connectivity index (χ3v) is 5.19. The molecule has 1 atom stereocenters. The van der Waals surface area contributed by atoms with Crippen LogP contribution in [0.3, 0.4) is 0 Å². The van der Waals surface area contributed by atoms with Gasteiger partial charge in [-0.1, -0.05) is 29.4 Å². The van der Waals surface area contributed by atoms with Crippen molar-refractivity contribution in [3.05, 3.63) is 77.7 Å². The van der Waals surface area contributed by atoms with E-state index in [4.69, 9.17) is 14.0 Å². The van der Waals surface area contributed by atoms with Gasteiger partial charge in [-0.3, -0.25) is 4.79 Å². The van der Waals surface area contributed by atoms with Gasteiger partial charge in [-0.25, -0.2) is 0 Å². The Morgan fingerprint density at radius 1 is 1.14 bits per heavy atom. The number of rotatable bonds is 7. The summed E-state index contributed by atoms with van der Waals surface area (Å²) in [4.78, 5) is 14.7. The predicted octanol–water partition coefficient (Wildman–Crippen LogP) is 4.17. The average molecular weight is 392 g/mol. The third-order valence-electron chi connectivity index (χ3n) is 5.19. The Balaban J connectivity index is 1.33. The molecule has 0 aliphatic carbocycles. The van der Waals surface area contributed by atoms with Crippen molar-refractivity contribution in [2.75, 3.05) is 13.7 Å². The Kier molecular flexibility index (Phi) is 5.79. The minimum absolute atomic E-state index is 0.0201. The zero-order valence-electron chi connectivity index (χ0n) is 16.4. The fourth-order valence-corrected chi connectivity index (χ4v) is 3.68. The van der Waals surface area contributed by atoms with Crippen LogP contribution in [0.15, 0.2) is 65.4 Å². The van der Waals surface area contributed by atoms with E-state index in [2.05, 4.69) is 5.16 Å². The summed E-state index contributed by atoms with van der Waals surface area (Å²) in [5, 5.41) is 4.01. The monoisotopic (exact) mass is 392 g/mol. The van der Waals surface area contributed by atoms with Crippen molar-refractivity contribution in [2.24, 2.45) is 0 Å². The van der Waals surface area contributed by atoms with Gasteiger partial charge in [0.15, 0.2) is 0 Å². The van der Waals surface area contributed by atoms with Gasteiger partial charge in [0.1, 0.15) is 30.1 Å². The third kappa shape index (κ3) is 4.59. The second-order valence-electron chi connectivity index (χ2n) is 7.13. The summed E-state index contributed by atoms with van der Waals surface area (Å²) >= 11 is 0. The van der Waals surface area contributed by atoms with Crippen molar-refractivity contribution in [3.63, 3.8) is 0 Å². The lowest BCUT2D eigenvalue weighted by Gasteiger charge is -2.23. The van der Waals surface area contributed by atoms with E-state index < -0.39 is 0 Å². The molecular formula is C23H24N2O4. The van der Waals surface area contributed by atoms with Gasteiger partial charge in [-0.2, -0.15) is 0 Å². The topological polar surface area (TPSA) is 64.8 Å². The number of hydrogen-bond donors (Lipinski definition) is 0. The van der Waals surface area contributed by atoms with Crippen molar-refractivity contribution in [2.45, 2.75) is 31.9 Å². The average Bonchev–Trinajstić information content (AvgIpc) is 3.45. The Morgan fingerprint density at radius 3 is 2.76 bits per heavy atom. The first-order valence-corrected chi connectivity index (χ1v) is 9.77. The number of benzene rings is 2. The molecule has 1 amide bonds. The van der Waals surface area contributed by atoms with Crippen LogP contribution in [0.4, 0.5) is 0 Å². The van der Waals surface area contributed by atoms with Crippen LogP contribution in [-0.4, -0.2) is 29.6 Å². The molecule has 2 aromatic carbocycles. The molecule has 29 heavy (non-hydrogen) atoms. The molecule has 1 aromatic heterocycles. The molecule has 1 unspecified atom stereocenters. The molecule has 6 nitrogen and oxygen atoms in total. The number of aromatic nitrogens is 1. The lowest BCUT2D eigenvalue weighted by molar-refractivity contribution is -0.131. The van der Waals surface area contributed by atoms with Crippen LogP contribution in [0.5, 0.6) is 11.5 Å². The van der Waals surface area contributed by atoms with Crippen LogP contribution in [0.25, 0.3) is 0 Å². The zero-order chi connectivity index (χ0) is 20.1. The second-order valence-corrected chi connectivity index (χ2v) is 7.13. The number of methoxy groups -OCH3 is 1. The molecule has 1 aliphatic heterocycles. The van der Waals surface area contributed by atoms with Crippen molar-refractivity contribution in [1.29, 1.82) is 0 Å². The molecule has 2 heterocycles. The number of ether oxygens (including phenoxy) is 2. The van der Waals surface area contributed by atoms with Gasteiger partial charge < -0.3 is 18.9 Å². The number of likely N-dealkylation sites (tertiary alicyclic amines) is 1. The molecule has 3 aromatic rings. The van der Waals surface area contributed by atoms with Crippen LogP contribution in [0.2, 0.25) is 0 Å². The maximum absolute atomic E-state index is 12.8. The van der Waals surface area contributed by atoms with Crippen molar-refractivity contribution < 1.29 is 18.8 Å². The highest BCUT2D eigenvalue weighted by atomic mass is 16.5. The van der Waals surface area contributed by atoms with Gasteiger partial charge in [0.05, 0.1) is 19.6 Å². The summed E-state index contributed by atoms with van der Waals surface area (Å²) in [6.07, 6.45) is 3.83. The lowest BCUT2D eigenvalue weighted by Crippen LogP contribution is -2.32. The molecule has 6 heteroatoms. The Morgan fingerprint density at radius 2 is 2.00 bits per heavy atom. The zero-order valence-corrected chi connectivity index (χ0v) is 16.4. The van der Waals surface area contributed by atoms with Crippen LogP contribution in [0, 0.1) is 0 Å². The molecule has 150 valence electrons. The summed E-state index contributed by atoms with van der Waals surface area (Å²) in [5.41, 5.74) is 2.84. The quantitative estimate of drug-likeness (QED) is 0.604. The number of carbonyl (C=O) groups excluding carboxylic acids is 1. The van der Waals surface area contributed by atoms with E-state index in [1.807, 2.05) is 59.5 Å². The molecular weight excluding hydrogens is 368 g/mol. The summed E-state index contributed by atoms with van der Waals surface area (Å²) in [7, 11) is 1.65.